The van der Waals surface area contributed by atoms with Gasteiger partial charge in [-0.1, -0.05) is 24.3 Å². The molecule has 100 valence electrons. The number of fused-ring (bicyclic) bond motifs is 1. The monoisotopic (exact) mass is 284 g/mol. The van der Waals surface area contributed by atoms with Crippen molar-refractivity contribution in [3.05, 3.63) is 53.0 Å². The number of anilines is 2. The molecule has 0 unspecified atom stereocenters. The number of hydrazine groups is 1. The quantitative estimate of drug-likeness (QED) is 0.510. The van der Waals surface area contributed by atoms with E-state index >= 15 is 0 Å². The third-order valence-electron chi connectivity index (χ3n) is 2.88. The number of rotatable bonds is 3. The number of aromatic nitrogens is 1. The first kappa shape index (κ1) is 12.4. The maximum absolute atomic E-state index is 11.8. The molecule has 3 rings (SSSR count). The Balaban J connectivity index is 1.79. The Kier molecular flexibility index (Phi) is 3.22. The van der Waals surface area contributed by atoms with Gasteiger partial charge >= 0.3 is 0 Å². The van der Waals surface area contributed by atoms with Crippen molar-refractivity contribution in [2.75, 3.05) is 11.2 Å². The van der Waals surface area contributed by atoms with Gasteiger partial charge in [0.15, 0.2) is 0 Å². The van der Waals surface area contributed by atoms with Gasteiger partial charge in [0.25, 0.3) is 5.91 Å². The summed E-state index contributed by atoms with van der Waals surface area (Å²) in [6.45, 7) is 0. The lowest BCUT2D eigenvalue weighted by Gasteiger charge is -2.10. The lowest BCUT2D eigenvalue weighted by molar-refractivity contribution is 0.0958. The van der Waals surface area contributed by atoms with Crippen LogP contribution in [0.1, 0.15) is 10.5 Å². The minimum absolute atomic E-state index is 0.280. The number of carbonyl (C=O) groups is 1. The predicted molar refractivity (Wildman–Crippen MR) is 81.6 cm³/mol. The summed E-state index contributed by atoms with van der Waals surface area (Å²) in [4.78, 5) is 15.7. The summed E-state index contributed by atoms with van der Waals surface area (Å²) in [5.41, 5.74) is 14.8. The number of carbonyl (C=O) groups excluding carboxylic acids is 1. The summed E-state index contributed by atoms with van der Waals surface area (Å²) >= 11 is 1.37. The summed E-state index contributed by atoms with van der Waals surface area (Å²) in [6.07, 6.45) is 0. The van der Waals surface area contributed by atoms with Crippen LogP contribution in [-0.2, 0) is 0 Å². The number of hydrogen-bond donors (Lipinski definition) is 3. The molecule has 0 bridgehead atoms. The Hall–Kier alpha value is -2.60. The SMILES string of the molecule is Nc1cc(NNC(=O)c2cscn2)cc2ccccc12. The van der Waals surface area contributed by atoms with Crippen LogP contribution >= 0.6 is 11.3 Å². The Morgan fingerprint density at radius 2 is 2.10 bits per heavy atom. The molecule has 3 aromatic rings. The zero-order chi connectivity index (χ0) is 13.9. The number of nitrogens with one attached hydrogen (secondary N) is 2. The molecule has 0 fully saturated rings. The van der Waals surface area contributed by atoms with Crippen LogP contribution in [-0.4, -0.2) is 10.9 Å². The molecule has 0 atom stereocenters. The normalized spacial score (nSPS) is 10.4. The zero-order valence-corrected chi connectivity index (χ0v) is 11.3. The molecule has 4 N–H and O–H groups in total. The fourth-order valence-corrected chi connectivity index (χ4v) is 2.46. The van der Waals surface area contributed by atoms with E-state index in [-0.39, 0.29) is 5.91 Å². The molecule has 0 saturated carbocycles. The van der Waals surface area contributed by atoms with Crippen molar-refractivity contribution < 1.29 is 4.79 Å². The molecular weight excluding hydrogens is 272 g/mol. The largest absolute Gasteiger partial charge is 0.398 e. The summed E-state index contributed by atoms with van der Waals surface area (Å²) < 4.78 is 0. The van der Waals surface area contributed by atoms with Gasteiger partial charge in [0.2, 0.25) is 0 Å². The third-order valence-corrected chi connectivity index (χ3v) is 3.47. The highest BCUT2D eigenvalue weighted by Crippen LogP contribution is 2.25. The molecule has 5 nitrogen and oxygen atoms in total. The smallest absolute Gasteiger partial charge is 0.289 e. The number of nitrogen functional groups attached to an aromatic ring is 1. The lowest BCUT2D eigenvalue weighted by Crippen LogP contribution is -2.29. The molecule has 0 radical (unpaired) electrons. The second kappa shape index (κ2) is 5.18. The molecule has 0 aliphatic heterocycles. The van der Waals surface area contributed by atoms with Gasteiger partial charge in [0.1, 0.15) is 5.69 Å². The first-order valence-electron chi connectivity index (χ1n) is 5.97. The van der Waals surface area contributed by atoms with Crippen LogP contribution in [0.5, 0.6) is 0 Å². The molecule has 0 saturated heterocycles. The minimum Gasteiger partial charge on any atom is -0.398 e. The van der Waals surface area contributed by atoms with Gasteiger partial charge in [-0.15, -0.1) is 11.3 Å². The second-order valence-electron chi connectivity index (χ2n) is 4.24. The standard InChI is InChI=1S/C14H12N4OS/c15-12-6-10(5-9-3-1-2-4-11(9)12)17-18-14(19)13-7-20-8-16-13/h1-8,17H,15H2,(H,18,19). The zero-order valence-electron chi connectivity index (χ0n) is 10.5. The number of benzene rings is 2. The highest BCUT2D eigenvalue weighted by atomic mass is 32.1. The second-order valence-corrected chi connectivity index (χ2v) is 4.96. The Labute approximate surface area is 119 Å². The van der Waals surface area contributed by atoms with Crippen LogP contribution in [0.25, 0.3) is 10.8 Å². The Morgan fingerprint density at radius 1 is 1.25 bits per heavy atom. The topological polar surface area (TPSA) is 80.0 Å². The average molecular weight is 284 g/mol. The van der Waals surface area contributed by atoms with E-state index in [0.29, 0.717) is 11.4 Å². The van der Waals surface area contributed by atoms with Gasteiger partial charge in [-0.2, -0.15) is 0 Å². The number of nitrogens with two attached hydrogens (primary N) is 1. The van der Waals surface area contributed by atoms with E-state index in [1.807, 2.05) is 30.3 Å². The molecule has 0 spiro atoms. The van der Waals surface area contributed by atoms with Crippen LogP contribution in [0, 0.1) is 0 Å². The Bertz CT molecular complexity index is 755. The van der Waals surface area contributed by atoms with E-state index in [4.69, 9.17) is 5.73 Å². The molecule has 2 aromatic carbocycles. The van der Waals surface area contributed by atoms with Crippen LogP contribution in [0.15, 0.2) is 47.3 Å². The average Bonchev–Trinajstić information content (AvgIpc) is 2.99. The van der Waals surface area contributed by atoms with Crippen molar-refractivity contribution in [1.82, 2.24) is 10.4 Å². The molecule has 0 aliphatic rings. The van der Waals surface area contributed by atoms with E-state index in [9.17, 15) is 4.79 Å². The first-order chi connectivity index (χ1) is 9.74. The van der Waals surface area contributed by atoms with E-state index < -0.39 is 0 Å². The highest BCUT2D eigenvalue weighted by Gasteiger charge is 2.07. The molecule has 20 heavy (non-hydrogen) atoms. The molecule has 0 aliphatic carbocycles. The van der Waals surface area contributed by atoms with Gasteiger partial charge in [0.05, 0.1) is 11.2 Å². The van der Waals surface area contributed by atoms with Crippen LogP contribution in [0.4, 0.5) is 11.4 Å². The van der Waals surface area contributed by atoms with Crippen LogP contribution < -0.4 is 16.6 Å². The van der Waals surface area contributed by atoms with Crippen molar-refractivity contribution in [2.24, 2.45) is 0 Å². The molecule has 1 aromatic heterocycles. The van der Waals surface area contributed by atoms with Crippen LogP contribution in [0.2, 0.25) is 0 Å². The molecule has 1 amide bonds. The highest BCUT2D eigenvalue weighted by molar-refractivity contribution is 7.07. The fourth-order valence-electron chi connectivity index (χ4n) is 1.93. The maximum atomic E-state index is 11.8. The summed E-state index contributed by atoms with van der Waals surface area (Å²) in [5.74, 6) is -0.280. The van der Waals surface area contributed by atoms with Crippen molar-refractivity contribution in [2.45, 2.75) is 0 Å². The lowest BCUT2D eigenvalue weighted by atomic mass is 10.1. The van der Waals surface area contributed by atoms with E-state index in [1.54, 1.807) is 17.0 Å². The van der Waals surface area contributed by atoms with Crippen molar-refractivity contribution in [3.63, 3.8) is 0 Å². The molecule has 6 heteroatoms. The first-order valence-corrected chi connectivity index (χ1v) is 6.91. The summed E-state index contributed by atoms with van der Waals surface area (Å²) in [6, 6.07) is 11.5. The van der Waals surface area contributed by atoms with Gasteiger partial charge in [0, 0.05) is 16.5 Å². The van der Waals surface area contributed by atoms with Gasteiger partial charge in [-0.3, -0.25) is 15.6 Å². The number of thiazole rings is 1. The van der Waals surface area contributed by atoms with Gasteiger partial charge in [-0.25, -0.2) is 4.98 Å². The molecular formula is C14H12N4OS. The maximum Gasteiger partial charge on any atom is 0.289 e. The van der Waals surface area contributed by atoms with Gasteiger partial charge in [-0.05, 0) is 17.5 Å². The van der Waals surface area contributed by atoms with Crippen molar-refractivity contribution in [1.29, 1.82) is 0 Å². The summed E-state index contributed by atoms with van der Waals surface area (Å²) in [7, 11) is 0. The van der Waals surface area contributed by atoms with Crippen molar-refractivity contribution >= 4 is 39.4 Å². The third kappa shape index (κ3) is 2.41. The Morgan fingerprint density at radius 3 is 2.90 bits per heavy atom. The number of hydrogen-bond acceptors (Lipinski definition) is 5. The minimum atomic E-state index is -0.280. The molecule has 1 heterocycles. The van der Waals surface area contributed by atoms with Crippen molar-refractivity contribution in [3.8, 4) is 0 Å². The fraction of sp³-hybridized carbons (Fsp3) is 0. The van der Waals surface area contributed by atoms with E-state index in [1.165, 1.54) is 11.3 Å². The van der Waals surface area contributed by atoms with E-state index in [2.05, 4.69) is 15.8 Å². The number of nitrogens with zero attached hydrogens (tertiary/aromatic N) is 1. The number of amides is 1. The van der Waals surface area contributed by atoms with Gasteiger partial charge < -0.3 is 5.73 Å². The van der Waals surface area contributed by atoms with E-state index in [0.717, 1.165) is 16.5 Å². The predicted octanol–water partition coefficient (Wildman–Crippen LogP) is 2.64. The summed E-state index contributed by atoms with van der Waals surface area (Å²) in [5, 5.41) is 3.69. The van der Waals surface area contributed by atoms with Crippen LogP contribution in [0.3, 0.4) is 0 Å².